The van der Waals surface area contributed by atoms with E-state index in [4.69, 9.17) is 22.3 Å². The van der Waals surface area contributed by atoms with Gasteiger partial charge in [-0.05, 0) is 38.0 Å². The van der Waals surface area contributed by atoms with E-state index in [0.29, 0.717) is 32.2 Å². The second-order valence-corrected chi connectivity index (χ2v) is 8.81. The number of aliphatic imine (C=N–C) groups is 1. The molecule has 0 spiro atoms. The number of rotatable bonds is 14. The number of amides is 3. The Hall–Kier alpha value is -3.42. The highest BCUT2D eigenvalue weighted by molar-refractivity contribution is 5.94. The van der Waals surface area contributed by atoms with Crippen LogP contribution in [0.1, 0.15) is 52.4 Å². The van der Waals surface area contributed by atoms with Crippen LogP contribution in [0.25, 0.3) is 0 Å². The second-order valence-electron chi connectivity index (χ2n) is 8.81. The fourth-order valence-corrected chi connectivity index (χ4v) is 3.70. The molecule has 0 aromatic carbocycles. The van der Waals surface area contributed by atoms with Gasteiger partial charge < -0.3 is 42.9 Å². The molecule has 14 heteroatoms. The fraction of sp³-hybridized carbons (Fsp3) is 0.714. The summed E-state index contributed by atoms with van der Waals surface area (Å²) in [6, 6.07) is -4.15. The van der Waals surface area contributed by atoms with E-state index in [1.165, 1.54) is 4.90 Å². The monoisotopic (exact) mass is 499 g/mol. The molecular formula is C21H37N7O7. The summed E-state index contributed by atoms with van der Waals surface area (Å²) in [6.07, 6.45) is 0.865. The number of carboxylic acid groups (broad SMARTS) is 2. The number of nitrogens with two attached hydrogens (primary N) is 3. The molecular weight excluding hydrogens is 462 g/mol. The minimum atomic E-state index is -1.39. The maximum absolute atomic E-state index is 13.3. The maximum Gasteiger partial charge on any atom is 0.326 e. The Morgan fingerprint density at radius 2 is 1.74 bits per heavy atom. The van der Waals surface area contributed by atoms with Crippen LogP contribution in [0.4, 0.5) is 0 Å². The summed E-state index contributed by atoms with van der Waals surface area (Å²) in [5, 5.41) is 23.1. The topological polar surface area (TPSA) is 244 Å². The normalized spacial score (nSPS) is 17.8. The molecule has 1 aliphatic heterocycles. The zero-order chi connectivity index (χ0) is 26.7. The summed E-state index contributed by atoms with van der Waals surface area (Å²) in [5.74, 6) is -4.61. The molecule has 0 aromatic heterocycles. The lowest BCUT2D eigenvalue weighted by atomic mass is 10.0. The average molecular weight is 500 g/mol. The predicted octanol–water partition coefficient (Wildman–Crippen LogP) is -2.07. The lowest BCUT2D eigenvalue weighted by molar-refractivity contribution is -0.146. The molecule has 1 saturated heterocycles. The fourth-order valence-electron chi connectivity index (χ4n) is 3.70. The van der Waals surface area contributed by atoms with Gasteiger partial charge in [0.15, 0.2) is 5.96 Å². The van der Waals surface area contributed by atoms with Gasteiger partial charge in [-0.15, -0.1) is 0 Å². The molecule has 198 valence electrons. The molecule has 0 aliphatic carbocycles. The van der Waals surface area contributed by atoms with Crippen LogP contribution in [0.2, 0.25) is 0 Å². The van der Waals surface area contributed by atoms with E-state index in [2.05, 4.69) is 15.6 Å². The van der Waals surface area contributed by atoms with Crippen LogP contribution in [-0.2, 0) is 24.0 Å². The highest BCUT2D eigenvalue weighted by Gasteiger charge is 2.40. The van der Waals surface area contributed by atoms with Crippen LogP contribution in [-0.4, -0.2) is 88.0 Å². The van der Waals surface area contributed by atoms with Gasteiger partial charge in [0, 0.05) is 19.5 Å². The number of hydrogen-bond donors (Lipinski definition) is 7. The third-order valence-electron chi connectivity index (χ3n) is 5.63. The van der Waals surface area contributed by atoms with E-state index in [1.807, 2.05) is 0 Å². The molecule has 1 aliphatic rings. The Morgan fingerprint density at radius 3 is 2.29 bits per heavy atom. The van der Waals surface area contributed by atoms with Crippen LogP contribution >= 0.6 is 0 Å². The van der Waals surface area contributed by atoms with Crippen molar-refractivity contribution in [2.24, 2.45) is 28.1 Å². The smallest absolute Gasteiger partial charge is 0.326 e. The first-order chi connectivity index (χ1) is 16.3. The number of guanidine groups is 1. The average Bonchev–Trinajstić information content (AvgIpc) is 3.26. The minimum absolute atomic E-state index is 0.0609. The van der Waals surface area contributed by atoms with Gasteiger partial charge in [-0.2, -0.15) is 0 Å². The van der Waals surface area contributed by atoms with Gasteiger partial charge >= 0.3 is 11.9 Å². The molecule has 4 atom stereocenters. The molecule has 10 N–H and O–H groups in total. The third-order valence-corrected chi connectivity index (χ3v) is 5.63. The van der Waals surface area contributed by atoms with Gasteiger partial charge in [-0.25, -0.2) is 4.79 Å². The van der Waals surface area contributed by atoms with Crippen molar-refractivity contribution in [3.63, 3.8) is 0 Å². The lowest BCUT2D eigenvalue weighted by Gasteiger charge is -2.31. The Labute approximate surface area is 203 Å². The SMILES string of the molecule is CC(C)C(NC(=O)C(N)CCCN=C(N)N)C(=O)N1CCCC1C(=O)NC(CCC(=O)O)C(=O)O. The summed E-state index contributed by atoms with van der Waals surface area (Å²) in [4.78, 5) is 66.0. The molecule has 14 nitrogen and oxygen atoms in total. The summed E-state index contributed by atoms with van der Waals surface area (Å²) >= 11 is 0. The number of hydrogen-bond acceptors (Lipinski definition) is 7. The van der Waals surface area contributed by atoms with Crippen molar-refractivity contribution in [3.05, 3.63) is 0 Å². The van der Waals surface area contributed by atoms with Crippen molar-refractivity contribution in [1.29, 1.82) is 0 Å². The van der Waals surface area contributed by atoms with Crippen molar-refractivity contribution in [2.75, 3.05) is 13.1 Å². The van der Waals surface area contributed by atoms with Gasteiger partial charge in [0.2, 0.25) is 17.7 Å². The summed E-state index contributed by atoms with van der Waals surface area (Å²) in [5.41, 5.74) is 16.4. The van der Waals surface area contributed by atoms with Gasteiger partial charge in [0.05, 0.1) is 6.04 Å². The lowest BCUT2D eigenvalue weighted by Crippen LogP contribution is -2.58. The van der Waals surface area contributed by atoms with Crippen molar-refractivity contribution in [1.82, 2.24) is 15.5 Å². The van der Waals surface area contributed by atoms with Crippen molar-refractivity contribution in [2.45, 2.75) is 76.5 Å². The first kappa shape index (κ1) is 29.6. The highest BCUT2D eigenvalue weighted by Crippen LogP contribution is 2.21. The van der Waals surface area contributed by atoms with E-state index in [-0.39, 0.29) is 24.8 Å². The van der Waals surface area contributed by atoms with Gasteiger partial charge in [0.25, 0.3) is 0 Å². The van der Waals surface area contributed by atoms with Crippen LogP contribution < -0.4 is 27.8 Å². The first-order valence-electron chi connectivity index (χ1n) is 11.5. The van der Waals surface area contributed by atoms with E-state index in [9.17, 15) is 29.1 Å². The number of nitrogens with zero attached hydrogens (tertiary/aromatic N) is 2. The van der Waals surface area contributed by atoms with Crippen LogP contribution in [0.3, 0.4) is 0 Å². The van der Waals surface area contributed by atoms with E-state index in [1.54, 1.807) is 13.8 Å². The molecule has 3 amide bonds. The zero-order valence-electron chi connectivity index (χ0n) is 20.1. The molecule has 4 unspecified atom stereocenters. The first-order valence-corrected chi connectivity index (χ1v) is 11.5. The van der Waals surface area contributed by atoms with Gasteiger partial charge in [-0.1, -0.05) is 13.8 Å². The molecule has 1 heterocycles. The minimum Gasteiger partial charge on any atom is -0.481 e. The molecule has 0 saturated carbocycles. The number of carboxylic acids is 2. The predicted molar refractivity (Wildman–Crippen MR) is 126 cm³/mol. The Bertz CT molecular complexity index is 814. The van der Waals surface area contributed by atoms with Crippen LogP contribution in [0.15, 0.2) is 4.99 Å². The summed E-state index contributed by atoms with van der Waals surface area (Å²) < 4.78 is 0. The highest BCUT2D eigenvalue weighted by atomic mass is 16.4. The van der Waals surface area contributed by atoms with E-state index in [0.717, 1.165) is 0 Å². The number of likely N-dealkylation sites (tertiary alicyclic amines) is 1. The Balaban J connectivity index is 2.83. The molecule has 1 rings (SSSR count). The number of nitrogens with one attached hydrogen (secondary N) is 2. The Morgan fingerprint density at radius 1 is 1.09 bits per heavy atom. The number of aliphatic carboxylic acids is 2. The van der Waals surface area contributed by atoms with Crippen LogP contribution in [0, 0.1) is 5.92 Å². The summed E-state index contributed by atoms with van der Waals surface area (Å²) in [7, 11) is 0. The Kier molecular flexibility index (Phi) is 11.9. The number of carbonyl (C=O) groups is 5. The quantitative estimate of drug-likeness (QED) is 0.0781. The van der Waals surface area contributed by atoms with Gasteiger partial charge in [-0.3, -0.25) is 24.2 Å². The standard InChI is InChI=1S/C21H37N7O7/c1-11(2)16(27-17(31)12(22)5-3-9-25-21(23)24)19(33)28-10-4-6-14(28)18(32)26-13(20(34)35)7-8-15(29)30/h11-14,16H,3-10,22H2,1-2H3,(H,26,32)(H,27,31)(H,29,30)(H,34,35)(H4,23,24,25). The van der Waals surface area contributed by atoms with E-state index < -0.39 is 60.2 Å². The molecule has 0 bridgehead atoms. The molecule has 0 aromatic rings. The maximum atomic E-state index is 13.3. The zero-order valence-corrected chi connectivity index (χ0v) is 20.1. The largest absolute Gasteiger partial charge is 0.481 e. The van der Waals surface area contributed by atoms with Gasteiger partial charge in [0.1, 0.15) is 18.1 Å². The van der Waals surface area contributed by atoms with Crippen LogP contribution in [0.5, 0.6) is 0 Å². The number of carbonyl (C=O) groups excluding carboxylic acids is 3. The second kappa shape index (κ2) is 14.1. The molecule has 1 fully saturated rings. The summed E-state index contributed by atoms with van der Waals surface area (Å²) in [6.45, 7) is 4.05. The molecule has 35 heavy (non-hydrogen) atoms. The van der Waals surface area contributed by atoms with Crippen molar-refractivity contribution < 1.29 is 34.2 Å². The van der Waals surface area contributed by atoms with Crippen molar-refractivity contribution in [3.8, 4) is 0 Å². The molecule has 0 radical (unpaired) electrons. The van der Waals surface area contributed by atoms with E-state index >= 15 is 0 Å². The van der Waals surface area contributed by atoms with Crippen molar-refractivity contribution >= 4 is 35.6 Å². The third kappa shape index (κ3) is 9.76.